The minimum Gasteiger partial charge on any atom is -0.501 e. The van der Waals surface area contributed by atoms with Gasteiger partial charge in [-0.3, -0.25) is 4.79 Å². The molecule has 0 radical (unpaired) electrons. The van der Waals surface area contributed by atoms with Gasteiger partial charge in [0.2, 0.25) is 0 Å². The number of carbonyl (C=O) groups is 1. The maximum Gasteiger partial charge on any atom is 0.250 e. The number of hydrogen-bond donors (Lipinski definition) is 1. The number of ether oxygens (including phenoxy) is 1. The summed E-state index contributed by atoms with van der Waals surface area (Å²) in [5.74, 6) is -0.00974. The average Bonchev–Trinajstić information content (AvgIpc) is 2.48. The topological polar surface area (TPSA) is 38.3 Å². The Morgan fingerprint density at radius 1 is 1.27 bits per heavy atom. The van der Waals surface area contributed by atoms with E-state index >= 15 is 0 Å². The number of halogens is 2. The molecule has 1 aromatic carbocycles. The van der Waals surface area contributed by atoms with Crippen molar-refractivity contribution in [2.45, 2.75) is 44.1 Å². The van der Waals surface area contributed by atoms with Crippen LogP contribution < -0.4 is 5.32 Å². The number of carbonyl (C=O) groups excluding carboxylic acids is 1. The third-order valence-corrected chi connectivity index (χ3v) is 5.05. The predicted octanol–water partition coefficient (Wildman–Crippen LogP) is 4.27. The Labute approximate surface area is 140 Å². The van der Waals surface area contributed by atoms with Crippen LogP contribution in [0.5, 0.6) is 0 Å². The fourth-order valence-electron chi connectivity index (χ4n) is 3.03. The van der Waals surface area contributed by atoms with Crippen LogP contribution in [0.1, 0.15) is 37.7 Å². The first kappa shape index (κ1) is 15.7. The van der Waals surface area contributed by atoms with Crippen molar-refractivity contribution < 1.29 is 9.53 Å². The monoisotopic (exact) mass is 339 g/mol. The summed E-state index contributed by atoms with van der Waals surface area (Å²) < 4.78 is 5.26. The largest absolute Gasteiger partial charge is 0.501 e. The smallest absolute Gasteiger partial charge is 0.250 e. The van der Waals surface area contributed by atoms with E-state index in [0.29, 0.717) is 16.7 Å². The van der Waals surface area contributed by atoms with Crippen molar-refractivity contribution in [2.75, 3.05) is 6.61 Å². The molecule has 0 unspecified atom stereocenters. The van der Waals surface area contributed by atoms with Crippen molar-refractivity contribution in [1.82, 2.24) is 5.32 Å². The Morgan fingerprint density at radius 3 is 2.68 bits per heavy atom. The van der Waals surface area contributed by atoms with Gasteiger partial charge in [-0.05, 0) is 56.2 Å². The zero-order chi connectivity index (χ0) is 15.6. The molecule has 0 atom stereocenters. The van der Waals surface area contributed by atoms with Gasteiger partial charge in [0.15, 0.2) is 0 Å². The minimum absolute atomic E-state index is 0.00974. The molecule has 1 amide bonds. The highest BCUT2D eigenvalue weighted by Crippen LogP contribution is 2.37. The average molecular weight is 340 g/mol. The van der Waals surface area contributed by atoms with Gasteiger partial charge in [-0.25, -0.2) is 0 Å². The lowest BCUT2D eigenvalue weighted by Gasteiger charge is -2.43. The van der Waals surface area contributed by atoms with E-state index in [9.17, 15) is 4.79 Å². The molecule has 1 saturated carbocycles. The quantitative estimate of drug-likeness (QED) is 0.889. The molecule has 5 heteroatoms. The van der Waals surface area contributed by atoms with E-state index in [1.54, 1.807) is 12.3 Å². The van der Waals surface area contributed by atoms with E-state index in [1.165, 1.54) is 0 Å². The normalized spacial score (nSPS) is 19.6. The standard InChI is InChI=1S/C17H19Cl2NO2/c18-14-5-4-12(15(19)9-14)10-17(6-2-7-17)20-16(21)13-3-1-8-22-11-13/h4-5,9,11H,1-3,6-8,10H2,(H,20,21). The molecule has 118 valence electrons. The number of amides is 1. The van der Waals surface area contributed by atoms with Crippen molar-refractivity contribution in [3.05, 3.63) is 45.6 Å². The summed E-state index contributed by atoms with van der Waals surface area (Å²) in [4.78, 5) is 12.4. The summed E-state index contributed by atoms with van der Waals surface area (Å²) in [5.41, 5.74) is 1.58. The van der Waals surface area contributed by atoms with Gasteiger partial charge in [-0.2, -0.15) is 0 Å². The SMILES string of the molecule is O=C(NC1(Cc2ccc(Cl)cc2Cl)CCC1)C1=COCCC1. The highest BCUT2D eigenvalue weighted by Gasteiger charge is 2.39. The van der Waals surface area contributed by atoms with Crippen LogP contribution in [-0.2, 0) is 16.0 Å². The number of benzene rings is 1. The number of hydrogen-bond acceptors (Lipinski definition) is 2. The van der Waals surface area contributed by atoms with Crippen molar-refractivity contribution in [3.8, 4) is 0 Å². The van der Waals surface area contributed by atoms with Gasteiger partial charge in [-0.1, -0.05) is 29.3 Å². The van der Waals surface area contributed by atoms with Gasteiger partial charge in [0, 0.05) is 15.6 Å². The first-order chi connectivity index (χ1) is 10.6. The van der Waals surface area contributed by atoms with Gasteiger partial charge in [0.05, 0.1) is 18.4 Å². The predicted molar refractivity (Wildman–Crippen MR) is 88.2 cm³/mol. The molecule has 1 aliphatic carbocycles. The highest BCUT2D eigenvalue weighted by molar-refractivity contribution is 6.35. The van der Waals surface area contributed by atoms with E-state index in [1.807, 2.05) is 12.1 Å². The van der Waals surface area contributed by atoms with Crippen LogP contribution in [0.3, 0.4) is 0 Å². The van der Waals surface area contributed by atoms with E-state index in [2.05, 4.69) is 5.32 Å². The maximum absolute atomic E-state index is 12.4. The second-order valence-corrected chi connectivity index (χ2v) is 6.96. The molecule has 0 bridgehead atoms. The first-order valence-corrected chi connectivity index (χ1v) is 8.41. The third-order valence-electron chi connectivity index (χ3n) is 4.46. The lowest BCUT2D eigenvalue weighted by molar-refractivity contribution is -0.121. The van der Waals surface area contributed by atoms with Gasteiger partial charge in [0.1, 0.15) is 0 Å². The Balaban J connectivity index is 1.71. The third kappa shape index (κ3) is 3.41. The Bertz CT molecular complexity index is 609. The molecule has 3 rings (SSSR count). The molecule has 0 aromatic heterocycles. The lowest BCUT2D eigenvalue weighted by Crippen LogP contribution is -2.55. The Morgan fingerprint density at radius 2 is 2.09 bits per heavy atom. The Hall–Kier alpha value is -1.19. The second-order valence-electron chi connectivity index (χ2n) is 6.12. The van der Waals surface area contributed by atoms with Crippen LogP contribution in [0.25, 0.3) is 0 Å². The number of nitrogens with one attached hydrogen (secondary N) is 1. The van der Waals surface area contributed by atoms with Gasteiger partial charge in [0.25, 0.3) is 5.91 Å². The van der Waals surface area contributed by atoms with Gasteiger partial charge >= 0.3 is 0 Å². The van der Waals surface area contributed by atoms with E-state index in [0.717, 1.165) is 49.7 Å². The molecular weight excluding hydrogens is 321 g/mol. The van der Waals surface area contributed by atoms with Crippen molar-refractivity contribution in [1.29, 1.82) is 0 Å². The van der Waals surface area contributed by atoms with Gasteiger partial charge < -0.3 is 10.1 Å². The van der Waals surface area contributed by atoms with Crippen molar-refractivity contribution in [2.24, 2.45) is 0 Å². The molecule has 1 heterocycles. The molecule has 1 N–H and O–H groups in total. The summed E-state index contributed by atoms with van der Waals surface area (Å²) in [6.45, 7) is 0.697. The van der Waals surface area contributed by atoms with Crippen LogP contribution in [0, 0.1) is 0 Å². The molecule has 1 aliphatic heterocycles. The molecule has 22 heavy (non-hydrogen) atoms. The minimum atomic E-state index is -0.188. The molecular formula is C17H19Cl2NO2. The highest BCUT2D eigenvalue weighted by atomic mass is 35.5. The second kappa shape index (κ2) is 6.51. The van der Waals surface area contributed by atoms with Crippen LogP contribution in [0.15, 0.2) is 30.0 Å². The van der Waals surface area contributed by atoms with Crippen LogP contribution >= 0.6 is 23.2 Å². The first-order valence-electron chi connectivity index (χ1n) is 7.65. The summed E-state index contributed by atoms with van der Waals surface area (Å²) >= 11 is 12.2. The fourth-order valence-corrected chi connectivity index (χ4v) is 3.51. The summed E-state index contributed by atoms with van der Waals surface area (Å²) in [7, 11) is 0. The van der Waals surface area contributed by atoms with Crippen molar-refractivity contribution in [3.63, 3.8) is 0 Å². The molecule has 0 spiro atoms. The molecule has 2 aliphatic rings. The van der Waals surface area contributed by atoms with E-state index in [-0.39, 0.29) is 11.4 Å². The maximum atomic E-state index is 12.4. The fraction of sp³-hybridized carbons (Fsp3) is 0.471. The lowest BCUT2D eigenvalue weighted by atomic mass is 9.72. The molecule has 1 aromatic rings. The summed E-state index contributed by atoms with van der Waals surface area (Å²) in [6.07, 6.45) is 7.10. The summed E-state index contributed by atoms with van der Waals surface area (Å²) in [6, 6.07) is 5.54. The van der Waals surface area contributed by atoms with Crippen molar-refractivity contribution >= 4 is 29.1 Å². The van der Waals surface area contributed by atoms with E-state index < -0.39 is 0 Å². The molecule has 1 fully saturated rings. The van der Waals surface area contributed by atoms with Crippen LogP contribution in [0.4, 0.5) is 0 Å². The van der Waals surface area contributed by atoms with Gasteiger partial charge in [-0.15, -0.1) is 0 Å². The Kier molecular flexibility index (Phi) is 4.65. The van der Waals surface area contributed by atoms with Crippen LogP contribution in [0.2, 0.25) is 10.0 Å². The molecule has 0 saturated heterocycles. The zero-order valence-corrected chi connectivity index (χ0v) is 13.8. The van der Waals surface area contributed by atoms with Crippen LogP contribution in [-0.4, -0.2) is 18.1 Å². The van der Waals surface area contributed by atoms with E-state index in [4.69, 9.17) is 27.9 Å². The molecule has 3 nitrogen and oxygen atoms in total. The summed E-state index contributed by atoms with van der Waals surface area (Å²) in [5, 5.41) is 4.50. The zero-order valence-electron chi connectivity index (χ0n) is 12.3. The number of rotatable bonds is 4.